The lowest BCUT2D eigenvalue weighted by Crippen LogP contribution is -2.56. The second-order valence-electron chi connectivity index (χ2n) is 6.55. The molecule has 0 spiro atoms. The molecule has 17 heavy (non-hydrogen) atoms. The molecule has 1 saturated carbocycles. The highest BCUT2D eigenvalue weighted by molar-refractivity contribution is 5.75. The Morgan fingerprint density at radius 1 is 1.59 bits per heavy atom. The Morgan fingerprint density at radius 2 is 2.24 bits per heavy atom. The van der Waals surface area contributed by atoms with Crippen molar-refractivity contribution in [3.8, 4) is 0 Å². The maximum absolute atomic E-state index is 11.7. The van der Waals surface area contributed by atoms with Gasteiger partial charge in [-0.1, -0.05) is 6.08 Å². The van der Waals surface area contributed by atoms with Crippen molar-refractivity contribution in [1.82, 2.24) is 0 Å². The van der Waals surface area contributed by atoms with Gasteiger partial charge >= 0.3 is 5.97 Å². The number of aliphatic hydroxyl groups is 1. The summed E-state index contributed by atoms with van der Waals surface area (Å²) in [5.41, 5.74) is 0.0492. The molecule has 3 aliphatic rings. The summed E-state index contributed by atoms with van der Waals surface area (Å²) in [7, 11) is 0. The number of fused-ring (bicyclic) bond motifs is 1. The molecule has 0 radical (unpaired) electrons. The Kier molecular flexibility index (Phi) is 2.85. The van der Waals surface area contributed by atoms with Crippen molar-refractivity contribution in [2.24, 2.45) is 17.3 Å². The van der Waals surface area contributed by atoms with Crippen LogP contribution < -0.4 is 0 Å². The van der Waals surface area contributed by atoms with E-state index >= 15 is 0 Å². The summed E-state index contributed by atoms with van der Waals surface area (Å²) in [5, 5.41) is 10.2. The number of esters is 1. The Labute approximate surface area is 103 Å². The first-order valence-corrected chi connectivity index (χ1v) is 6.31. The van der Waals surface area contributed by atoms with E-state index in [-0.39, 0.29) is 11.9 Å². The third kappa shape index (κ3) is 2.13. The fourth-order valence-electron chi connectivity index (χ4n) is 2.71. The molecule has 0 aromatic carbocycles. The molecule has 3 aliphatic carbocycles. The lowest BCUT2D eigenvalue weighted by atomic mass is 9.55. The Bertz CT molecular complexity index is 360. The molecule has 0 saturated heterocycles. The average Bonchev–Trinajstić information content (AvgIpc) is 2.24. The number of hydrogen-bond donors (Lipinski definition) is 1. The first kappa shape index (κ1) is 12.6. The minimum absolute atomic E-state index is 0.181. The van der Waals surface area contributed by atoms with Crippen LogP contribution in [0.25, 0.3) is 0 Å². The second kappa shape index (κ2) is 3.84. The zero-order valence-electron chi connectivity index (χ0n) is 11.1. The smallest absolute Gasteiger partial charge is 0.311 e. The largest absolute Gasteiger partial charge is 0.461 e. The van der Waals surface area contributed by atoms with E-state index in [4.69, 9.17) is 4.74 Å². The van der Waals surface area contributed by atoms with Gasteiger partial charge in [-0.3, -0.25) is 4.79 Å². The molecule has 3 nitrogen and oxygen atoms in total. The molecule has 3 rings (SSSR count). The number of ether oxygens (including phenoxy) is 1. The molecule has 0 amide bonds. The van der Waals surface area contributed by atoms with E-state index in [0.717, 1.165) is 18.4 Å². The maximum Gasteiger partial charge on any atom is 0.311 e. The lowest BCUT2D eigenvalue weighted by Gasteiger charge is -2.54. The molecule has 0 aliphatic heterocycles. The van der Waals surface area contributed by atoms with E-state index in [1.54, 1.807) is 0 Å². The van der Waals surface area contributed by atoms with Crippen LogP contribution in [0, 0.1) is 17.3 Å². The van der Waals surface area contributed by atoms with Gasteiger partial charge in [0.25, 0.3) is 0 Å². The van der Waals surface area contributed by atoms with Crippen molar-refractivity contribution in [1.29, 1.82) is 0 Å². The Hall–Kier alpha value is -0.830. The van der Waals surface area contributed by atoms with Crippen LogP contribution in [0.15, 0.2) is 11.6 Å². The minimum Gasteiger partial charge on any atom is -0.461 e. The summed E-state index contributed by atoms with van der Waals surface area (Å²) < 4.78 is 5.32. The molecule has 2 bridgehead atoms. The van der Waals surface area contributed by atoms with Crippen molar-refractivity contribution >= 4 is 5.97 Å². The van der Waals surface area contributed by atoms with E-state index in [2.05, 4.69) is 6.08 Å². The van der Waals surface area contributed by atoms with E-state index in [0.29, 0.717) is 12.5 Å². The molecular weight excluding hydrogens is 216 g/mol. The van der Waals surface area contributed by atoms with Gasteiger partial charge in [0, 0.05) is 5.92 Å². The molecular formula is C14H22O3. The lowest BCUT2D eigenvalue weighted by molar-refractivity contribution is -0.155. The zero-order valence-corrected chi connectivity index (χ0v) is 11.1. The van der Waals surface area contributed by atoms with Crippen LogP contribution >= 0.6 is 0 Å². The molecule has 96 valence electrons. The quantitative estimate of drug-likeness (QED) is 0.593. The first-order chi connectivity index (χ1) is 7.73. The van der Waals surface area contributed by atoms with Crippen LogP contribution in [-0.4, -0.2) is 23.3 Å². The van der Waals surface area contributed by atoms with E-state index in [1.165, 1.54) is 0 Å². The van der Waals surface area contributed by atoms with Crippen molar-refractivity contribution < 1.29 is 14.6 Å². The third-order valence-corrected chi connectivity index (χ3v) is 4.15. The van der Waals surface area contributed by atoms with Crippen LogP contribution in [0.2, 0.25) is 0 Å². The molecule has 1 N–H and O–H groups in total. The minimum atomic E-state index is -0.585. The summed E-state index contributed by atoms with van der Waals surface area (Å²) in [6, 6.07) is 0. The summed E-state index contributed by atoms with van der Waals surface area (Å²) in [6.07, 6.45) is 4.07. The predicted octanol–water partition coefficient (Wildman–Crippen LogP) is 2.29. The van der Waals surface area contributed by atoms with E-state index in [1.807, 2.05) is 27.7 Å². The zero-order chi connectivity index (χ0) is 12.8. The summed E-state index contributed by atoms with van der Waals surface area (Å²) in [4.78, 5) is 11.7. The highest BCUT2D eigenvalue weighted by Gasteiger charge is 2.53. The Balaban J connectivity index is 1.93. The van der Waals surface area contributed by atoms with Gasteiger partial charge in [0.15, 0.2) is 0 Å². The van der Waals surface area contributed by atoms with Crippen molar-refractivity contribution in [3.63, 3.8) is 0 Å². The standard InChI is InChI=1S/C14H22O3/c1-13(2,3)12(15)17-8-9-5-6-10-7-11(9)14(10,4)16/h5,10-11,16H,6-8H2,1-4H3/t10?,11?,14-/m0/s1. The average molecular weight is 238 g/mol. The van der Waals surface area contributed by atoms with Crippen LogP contribution in [0.5, 0.6) is 0 Å². The molecule has 0 heterocycles. The number of hydrogen-bond acceptors (Lipinski definition) is 3. The highest BCUT2D eigenvalue weighted by atomic mass is 16.5. The highest BCUT2D eigenvalue weighted by Crippen LogP contribution is 2.53. The van der Waals surface area contributed by atoms with Crippen LogP contribution in [0.4, 0.5) is 0 Å². The SMILES string of the molecule is CC(C)(C)C(=O)OCC1=CCC2CC1[C@@]2(C)O. The summed E-state index contributed by atoms with van der Waals surface area (Å²) in [6.45, 7) is 7.77. The molecule has 2 unspecified atom stereocenters. The third-order valence-electron chi connectivity index (χ3n) is 4.15. The van der Waals surface area contributed by atoms with Gasteiger partial charge in [0.05, 0.1) is 11.0 Å². The number of carbonyl (C=O) groups is 1. The van der Waals surface area contributed by atoms with Crippen LogP contribution in [-0.2, 0) is 9.53 Å². The molecule has 0 aromatic rings. The van der Waals surface area contributed by atoms with E-state index in [9.17, 15) is 9.90 Å². The van der Waals surface area contributed by atoms with Crippen LogP contribution in [0.3, 0.4) is 0 Å². The normalized spacial score (nSPS) is 35.9. The van der Waals surface area contributed by atoms with Gasteiger partial charge < -0.3 is 9.84 Å². The van der Waals surface area contributed by atoms with Crippen LogP contribution in [0.1, 0.15) is 40.5 Å². The van der Waals surface area contributed by atoms with Gasteiger partial charge in [-0.25, -0.2) is 0 Å². The first-order valence-electron chi connectivity index (χ1n) is 6.31. The van der Waals surface area contributed by atoms with Gasteiger partial charge in [-0.15, -0.1) is 0 Å². The van der Waals surface area contributed by atoms with Gasteiger partial charge in [-0.05, 0) is 52.0 Å². The molecule has 0 aromatic heterocycles. The van der Waals surface area contributed by atoms with Crippen molar-refractivity contribution in [2.75, 3.05) is 6.61 Å². The summed E-state index contributed by atoms with van der Waals surface area (Å²) in [5.74, 6) is 0.406. The number of rotatable bonds is 2. The Morgan fingerprint density at radius 3 is 2.71 bits per heavy atom. The predicted molar refractivity (Wildman–Crippen MR) is 65.3 cm³/mol. The van der Waals surface area contributed by atoms with Gasteiger partial charge in [0.2, 0.25) is 0 Å². The maximum atomic E-state index is 11.7. The monoisotopic (exact) mass is 238 g/mol. The topological polar surface area (TPSA) is 46.5 Å². The number of allylic oxidation sites excluding steroid dienone is 1. The van der Waals surface area contributed by atoms with Gasteiger partial charge in [-0.2, -0.15) is 0 Å². The second-order valence-corrected chi connectivity index (χ2v) is 6.55. The fraction of sp³-hybridized carbons (Fsp3) is 0.786. The molecule has 1 fully saturated rings. The number of carbonyl (C=O) groups excluding carboxylic acids is 1. The fourth-order valence-corrected chi connectivity index (χ4v) is 2.71. The molecule has 3 heteroatoms. The van der Waals surface area contributed by atoms with Gasteiger partial charge in [0.1, 0.15) is 6.61 Å². The molecule has 3 atom stereocenters. The van der Waals surface area contributed by atoms with Crippen molar-refractivity contribution in [2.45, 2.75) is 46.1 Å². The van der Waals surface area contributed by atoms with Crippen molar-refractivity contribution in [3.05, 3.63) is 11.6 Å². The van der Waals surface area contributed by atoms with E-state index < -0.39 is 11.0 Å². The summed E-state index contributed by atoms with van der Waals surface area (Å²) >= 11 is 0.